The predicted octanol–water partition coefficient (Wildman–Crippen LogP) is 1.08. The number of rotatable bonds is 5. The van der Waals surface area contributed by atoms with Crippen molar-refractivity contribution < 1.29 is 14.6 Å². The highest BCUT2D eigenvalue weighted by Gasteiger charge is 2.05. The van der Waals surface area contributed by atoms with Crippen LogP contribution in [0.15, 0.2) is 27.8 Å². The molecular formula is C10H10BrN3O3S. The van der Waals surface area contributed by atoms with Gasteiger partial charge in [-0.2, -0.15) is 5.10 Å². The number of carboxylic acids is 1. The summed E-state index contributed by atoms with van der Waals surface area (Å²) in [6, 6.07) is 5.09. The van der Waals surface area contributed by atoms with Crippen molar-refractivity contribution in [2.45, 2.75) is 0 Å². The Bertz CT molecular complexity index is 493. The molecule has 0 fully saturated rings. The molecule has 0 aliphatic rings. The van der Waals surface area contributed by atoms with Crippen LogP contribution in [-0.4, -0.2) is 29.0 Å². The number of nitrogens with one attached hydrogen (secondary N) is 1. The molecular weight excluding hydrogens is 322 g/mol. The predicted molar refractivity (Wildman–Crippen MR) is 74.8 cm³/mol. The first-order valence-electron chi connectivity index (χ1n) is 4.71. The van der Waals surface area contributed by atoms with Crippen molar-refractivity contribution in [2.75, 3.05) is 6.61 Å². The number of hydrogen-bond acceptors (Lipinski definition) is 4. The molecule has 96 valence electrons. The first kappa shape index (κ1) is 14.4. The van der Waals surface area contributed by atoms with Crippen LogP contribution in [0.5, 0.6) is 5.75 Å². The Hall–Kier alpha value is -1.67. The van der Waals surface area contributed by atoms with Gasteiger partial charge >= 0.3 is 5.97 Å². The van der Waals surface area contributed by atoms with Crippen molar-refractivity contribution >= 4 is 45.4 Å². The SMILES string of the molecule is NC(=S)N/N=C/c1cc(Br)ccc1OCC(=O)O. The average molecular weight is 332 g/mol. The van der Waals surface area contributed by atoms with Gasteiger partial charge in [-0.3, -0.25) is 5.43 Å². The molecule has 0 amide bonds. The summed E-state index contributed by atoms with van der Waals surface area (Å²) in [6.07, 6.45) is 1.43. The van der Waals surface area contributed by atoms with E-state index in [1.165, 1.54) is 6.21 Å². The van der Waals surface area contributed by atoms with E-state index in [1.54, 1.807) is 18.2 Å². The molecule has 6 nitrogen and oxygen atoms in total. The maximum atomic E-state index is 10.4. The lowest BCUT2D eigenvalue weighted by atomic mass is 10.2. The van der Waals surface area contributed by atoms with Gasteiger partial charge in [0, 0.05) is 10.0 Å². The van der Waals surface area contributed by atoms with Crippen LogP contribution in [0.1, 0.15) is 5.56 Å². The van der Waals surface area contributed by atoms with E-state index >= 15 is 0 Å². The van der Waals surface area contributed by atoms with Gasteiger partial charge < -0.3 is 15.6 Å². The van der Waals surface area contributed by atoms with Crippen LogP contribution >= 0.6 is 28.1 Å². The maximum absolute atomic E-state index is 10.4. The summed E-state index contributed by atoms with van der Waals surface area (Å²) in [4.78, 5) is 10.4. The summed E-state index contributed by atoms with van der Waals surface area (Å²) < 4.78 is 5.91. The number of aliphatic carboxylic acids is 1. The summed E-state index contributed by atoms with van der Waals surface area (Å²) in [5.74, 6) is -0.656. The fourth-order valence-corrected chi connectivity index (χ4v) is 1.49. The van der Waals surface area contributed by atoms with Gasteiger partial charge in [0.05, 0.1) is 6.21 Å². The third-order valence-corrected chi connectivity index (χ3v) is 2.29. The van der Waals surface area contributed by atoms with E-state index in [0.717, 1.165) is 4.47 Å². The van der Waals surface area contributed by atoms with E-state index in [9.17, 15) is 4.79 Å². The highest BCUT2D eigenvalue weighted by Crippen LogP contribution is 2.21. The second kappa shape index (κ2) is 6.92. The van der Waals surface area contributed by atoms with Gasteiger partial charge in [-0.15, -0.1) is 0 Å². The van der Waals surface area contributed by atoms with Gasteiger partial charge in [-0.1, -0.05) is 15.9 Å². The van der Waals surface area contributed by atoms with Crippen molar-refractivity contribution in [3.63, 3.8) is 0 Å². The minimum absolute atomic E-state index is 0.0363. The number of carboxylic acid groups (broad SMARTS) is 1. The fourth-order valence-electron chi connectivity index (χ4n) is 1.06. The summed E-state index contributed by atoms with van der Waals surface area (Å²) in [5.41, 5.74) is 8.20. The van der Waals surface area contributed by atoms with Crippen LogP contribution in [0, 0.1) is 0 Å². The molecule has 0 saturated heterocycles. The van der Waals surface area contributed by atoms with Gasteiger partial charge in [0.1, 0.15) is 5.75 Å². The third-order valence-electron chi connectivity index (χ3n) is 1.70. The molecule has 0 aliphatic carbocycles. The molecule has 0 unspecified atom stereocenters. The van der Waals surface area contributed by atoms with E-state index in [1.807, 2.05) is 0 Å². The number of hydrogen-bond donors (Lipinski definition) is 3. The lowest BCUT2D eigenvalue weighted by Gasteiger charge is -2.07. The molecule has 0 heterocycles. The van der Waals surface area contributed by atoms with Gasteiger partial charge in [-0.25, -0.2) is 4.79 Å². The molecule has 8 heteroatoms. The van der Waals surface area contributed by atoms with Crippen LogP contribution in [0.25, 0.3) is 0 Å². The highest BCUT2D eigenvalue weighted by molar-refractivity contribution is 9.10. The maximum Gasteiger partial charge on any atom is 0.341 e. The number of benzene rings is 1. The Labute approximate surface area is 117 Å². The van der Waals surface area contributed by atoms with Gasteiger partial charge in [-0.05, 0) is 30.4 Å². The number of ether oxygens (including phenoxy) is 1. The van der Waals surface area contributed by atoms with Crippen LogP contribution in [-0.2, 0) is 4.79 Å². The molecule has 1 aromatic carbocycles. The summed E-state index contributed by atoms with van der Waals surface area (Å²) in [6.45, 7) is -0.425. The molecule has 0 aliphatic heterocycles. The Balaban J connectivity index is 2.85. The third kappa shape index (κ3) is 5.11. The molecule has 0 radical (unpaired) electrons. The Morgan fingerprint density at radius 3 is 3.00 bits per heavy atom. The Morgan fingerprint density at radius 2 is 2.39 bits per heavy atom. The van der Waals surface area contributed by atoms with E-state index in [-0.39, 0.29) is 5.11 Å². The number of nitrogens with zero attached hydrogens (tertiary/aromatic N) is 1. The topological polar surface area (TPSA) is 96.9 Å². The minimum atomic E-state index is -1.05. The zero-order valence-corrected chi connectivity index (χ0v) is 11.5. The van der Waals surface area contributed by atoms with Crippen LogP contribution in [0.2, 0.25) is 0 Å². The summed E-state index contributed by atoms with van der Waals surface area (Å²) in [7, 11) is 0. The number of hydrazone groups is 1. The number of halogens is 1. The molecule has 0 saturated carbocycles. The molecule has 4 N–H and O–H groups in total. The van der Waals surface area contributed by atoms with E-state index in [0.29, 0.717) is 11.3 Å². The first-order valence-corrected chi connectivity index (χ1v) is 5.92. The fraction of sp³-hybridized carbons (Fsp3) is 0.100. The second-order valence-corrected chi connectivity index (χ2v) is 4.45. The van der Waals surface area contributed by atoms with Crippen molar-refractivity contribution in [3.8, 4) is 5.75 Å². The van der Waals surface area contributed by atoms with Gasteiger partial charge in [0.25, 0.3) is 0 Å². The first-order chi connectivity index (χ1) is 8.49. The zero-order valence-electron chi connectivity index (χ0n) is 9.09. The van der Waals surface area contributed by atoms with Crippen molar-refractivity contribution in [2.24, 2.45) is 10.8 Å². The smallest absolute Gasteiger partial charge is 0.341 e. The average Bonchev–Trinajstić information content (AvgIpc) is 2.27. The van der Waals surface area contributed by atoms with Gasteiger partial charge in [0.2, 0.25) is 0 Å². The quantitative estimate of drug-likeness (QED) is 0.424. The summed E-state index contributed by atoms with van der Waals surface area (Å²) in [5, 5.41) is 12.4. The number of carbonyl (C=O) groups is 1. The molecule has 0 spiro atoms. The highest BCUT2D eigenvalue weighted by atomic mass is 79.9. The number of thiocarbonyl (C=S) groups is 1. The lowest BCUT2D eigenvalue weighted by Crippen LogP contribution is -2.24. The Kier molecular flexibility index (Phi) is 5.53. The van der Waals surface area contributed by atoms with Crippen LogP contribution < -0.4 is 15.9 Å². The van der Waals surface area contributed by atoms with Crippen molar-refractivity contribution in [3.05, 3.63) is 28.2 Å². The standard InChI is InChI=1S/C10H10BrN3O3S/c11-7-1-2-8(17-5-9(15)16)6(3-7)4-13-14-10(12)18/h1-4H,5H2,(H,15,16)(H3,12,14,18)/b13-4+. The largest absolute Gasteiger partial charge is 0.481 e. The second-order valence-electron chi connectivity index (χ2n) is 3.10. The number of nitrogens with two attached hydrogens (primary N) is 1. The molecule has 0 bridgehead atoms. The molecule has 18 heavy (non-hydrogen) atoms. The molecule has 1 rings (SSSR count). The Morgan fingerprint density at radius 1 is 1.67 bits per heavy atom. The summed E-state index contributed by atoms with van der Waals surface area (Å²) >= 11 is 7.88. The minimum Gasteiger partial charge on any atom is -0.481 e. The van der Waals surface area contributed by atoms with Gasteiger partial charge in [0.15, 0.2) is 11.7 Å². The zero-order chi connectivity index (χ0) is 13.5. The normalized spacial score (nSPS) is 10.3. The van der Waals surface area contributed by atoms with E-state index < -0.39 is 12.6 Å². The van der Waals surface area contributed by atoms with Crippen molar-refractivity contribution in [1.82, 2.24) is 5.43 Å². The van der Waals surface area contributed by atoms with Crippen LogP contribution in [0.3, 0.4) is 0 Å². The van der Waals surface area contributed by atoms with Crippen molar-refractivity contribution in [1.29, 1.82) is 0 Å². The monoisotopic (exact) mass is 331 g/mol. The van der Waals surface area contributed by atoms with Crippen LogP contribution in [0.4, 0.5) is 0 Å². The molecule has 0 aromatic heterocycles. The molecule has 0 atom stereocenters. The lowest BCUT2D eigenvalue weighted by molar-refractivity contribution is -0.139. The molecule has 1 aromatic rings. The van der Waals surface area contributed by atoms with E-state index in [4.69, 9.17) is 15.6 Å². The van der Waals surface area contributed by atoms with E-state index in [2.05, 4.69) is 38.7 Å².